The van der Waals surface area contributed by atoms with Crippen LogP contribution in [0.15, 0.2) is 18.3 Å². The van der Waals surface area contributed by atoms with Crippen LogP contribution in [-0.4, -0.2) is 31.2 Å². The zero-order chi connectivity index (χ0) is 12.9. The van der Waals surface area contributed by atoms with Crippen LogP contribution in [-0.2, 0) is 10.2 Å². The SMILES string of the molecule is COCCNC(=O)c1ccnc(C(C)(C)C)c1. The molecule has 0 unspecified atom stereocenters. The van der Waals surface area contributed by atoms with Gasteiger partial charge in [-0.25, -0.2) is 0 Å². The van der Waals surface area contributed by atoms with E-state index in [1.807, 2.05) is 6.07 Å². The summed E-state index contributed by atoms with van der Waals surface area (Å²) in [4.78, 5) is 16.1. The molecule has 0 bridgehead atoms. The molecule has 0 spiro atoms. The van der Waals surface area contributed by atoms with Gasteiger partial charge in [-0.05, 0) is 12.1 Å². The second-order valence-electron chi connectivity index (χ2n) is 4.93. The fraction of sp³-hybridized carbons (Fsp3) is 0.538. The minimum absolute atomic E-state index is 0.0528. The molecule has 1 amide bonds. The van der Waals surface area contributed by atoms with Crippen molar-refractivity contribution in [2.75, 3.05) is 20.3 Å². The Labute approximate surface area is 102 Å². The average molecular weight is 236 g/mol. The molecule has 4 nitrogen and oxygen atoms in total. The highest BCUT2D eigenvalue weighted by Crippen LogP contribution is 2.20. The summed E-state index contributed by atoms with van der Waals surface area (Å²) < 4.78 is 4.88. The van der Waals surface area contributed by atoms with Crippen LogP contribution < -0.4 is 5.32 Å². The minimum atomic E-state index is -0.0880. The lowest BCUT2D eigenvalue weighted by Gasteiger charge is -2.18. The molecular weight excluding hydrogens is 216 g/mol. The number of ether oxygens (including phenoxy) is 1. The highest BCUT2D eigenvalue weighted by atomic mass is 16.5. The molecule has 0 saturated carbocycles. The van der Waals surface area contributed by atoms with Crippen molar-refractivity contribution in [1.82, 2.24) is 10.3 Å². The van der Waals surface area contributed by atoms with Gasteiger partial charge in [-0.2, -0.15) is 0 Å². The maximum atomic E-state index is 11.8. The van der Waals surface area contributed by atoms with Crippen molar-refractivity contribution in [2.24, 2.45) is 0 Å². The Hall–Kier alpha value is -1.42. The smallest absolute Gasteiger partial charge is 0.251 e. The van der Waals surface area contributed by atoms with Gasteiger partial charge in [0, 0.05) is 36.5 Å². The molecule has 17 heavy (non-hydrogen) atoms. The molecule has 1 aromatic heterocycles. The van der Waals surface area contributed by atoms with Gasteiger partial charge in [-0.1, -0.05) is 20.8 Å². The Morgan fingerprint density at radius 2 is 2.18 bits per heavy atom. The van der Waals surface area contributed by atoms with Crippen molar-refractivity contribution >= 4 is 5.91 Å². The first-order chi connectivity index (χ1) is 7.95. The zero-order valence-electron chi connectivity index (χ0n) is 10.9. The normalized spacial score (nSPS) is 11.3. The van der Waals surface area contributed by atoms with Crippen molar-refractivity contribution in [3.05, 3.63) is 29.6 Å². The number of hydrogen-bond acceptors (Lipinski definition) is 3. The molecule has 4 heteroatoms. The van der Waals surface area contributed by atoms with Crippen molar-refractivity contribution in [3.8, 4) is 0 Å². The van der Waals surface area contributed by atoms with Gasteiger partial charge in [0.1, 0.15) is 0 Å². The lowest BCUT2D eigenvalue weighted by molar-refractivity contribution is 0.0937. The van der Waals surface area contributed by atoms with Gasteiger partial charge in [0.25, 0.3) is 5.91 Å². The lowest BCUT2D eigenvalue weighted by atomic mass is 9.91. The summed E-state index contributed by atoms with van der Waals surface area (Å²) in [5.41, 5.74) is 1.50. The van der Waals surface area contributed by atoms with E-state index in [4.69, 9.17) is 4.74 Å². The fourth-order valence-electron chi connectivity index (χ4n) is 1.35. The third-order valence-corrected chi connectivity index (χ3v) is 2.38. The molecule has 0 aliphatic carbocycles. The number of rotatable bonds is 4. The van der Waals surface area contributed by atoms with Crippen molar-refractivity contribution in [1.29, 1.82) is 0 Å². The number of carbonyl (C=O) groups excluding carboxylic acids is 1. The Bertz CT molecular complexity index is 383. The molecule has 0 aliphatic heterocycles. The van der Waals surface area contributed by atoms with Crippen LogP contribution in [0.5, 0.6) is 0 Å². The molecule has 1 N–H and O–H groups in total. The molecule has 94 valence electrons. The van der Waals surface area contributed by atoms with Gasteiger partial charge in [-0.15, -0.1) is 0 Å². The summed E-state index contributed by atoms with van der Waals surface area (Å²) in [6.07, 6.45) is 1.67. The van der Waals surface area contributed by atoms with E-state index >= 15 is 0 Å². The predicted octanol–water partition coefficient (Wildman–Crippen LogP) is 1.76. The number of pyridine rings is 1. The fourth-order valence-corrected chi connectivity index (χ4v) is 1.35. The second-order valence-corrected chi connectivity index (χ2v) is 4.93. The number of nitrogens with one attached hydrogen (secondary N) is 1. The minimum Gasteiger partial charge on any atom is -0.383 e. The standard InChI is InChI=1S/C13H20N2O2/c1-13(2,3)11-9-10(5-6-14-11)12(16)15-7-8-17-4/h5-6,9H,7-8H2,1-4H3,(H,15,16). The van der Waals surface area contributed by atoms with E-state index in [9.17, 15) is 4.79 Å². The lowest BCUT2D eigenvalue weighted by Crippen LogP contribution is -2.27. The summed E-state index contributed by atoms with van der Waals surface area (Å²) in [5.74, 6) is -0.0880. The van der Waals surface area contributed by atoms with Crippen molar-refractivity contribution in [2.45, 2.75) is 26.2 Å². The molecule has 0 fully saturated rings. The van der Waals surface area contributed by atoms with Crippen molar-refractivity contribution < 1.29 is 9.53 Å². The Morgan fingerprint density at radius 3 is 2.76 bits per heavy atom. The maximum absolute atomic E-state index is 11.8. The van der Waals surface area contributed by atoms with E-state index in [1.165, 1.54) is 0 Å². The topological polar surface area (TPSA) is 51.2 Å². The van der Waals surface area contributed by atoms with Crippen molar-refractivity contribution in [3.63, 3.8) is 0 Å². The van der Waals surface area contributed by atoms with E-state index in [0.29, 0.717) is 18.7 Å². The molecule has 0 aromatic carbocycles. The molecule has 0 radical (unpaired) electrons. The molecule has 0 saturated heterocycles. The zero-order valence-corrected chi connectivity index (χ0v) is 10.9. The van der Waals surface area contributed by atoms with E-state index in [0.717, 1.165) is 5.69 Å². The summed E-state index contributed by atoms with van der Waals surface area (Å²) in [7, 11) is 1.61. The largest absolute Gasteiger partial charge is 0.383 e. The molecule has 1 rings (SSSR count). The average Bonchev–Trinajstić information content (AvgIpc) is 2.28. The quantitative estimate of drug-likeness (QED) is 0.810. The van der Waals surface area contributed by atoms with E-state index in [-0.39, 0.29) is 11.3 Å². The summed E-state index contributed by atoms with van der Waals surface area (Å²) in [6.45, 7) is 7.25. The number of hydrogen-bond donors (Lipinski definition) is 1. The van der Waals surface area contributed by atoms with Crippen LogP contribution in [0.3, 0.4) is 0 Å². The second kappa shape index (κ2) is 5.77. The summed E-state index contributed by atoms with van der Waals surface area (Å²) in [5, 5.41) is 2.79. The highest BCUT2D eigenvalue weighted by molar-refractivity contribution is 5.94. The molecule has 1 aromatic rings. The first-order valence-electron chi connectivity index (χ1n) is 5.69. The van der Waals surface area contributed by atoms with Gasteiger partial charge in [-0.3, -0.25) is 9.78 Å². The summed E-state index contributed by atoms with van der Waals surface area (Å²) in [6, 6.07) is 3.56. The molecule has 0 atom stereocenters. The van der Waals surface area contributed by atoms with E-state index in [1.54, 1.807) is 19.4 Å². The number of carbonyl (C=O) groups is 1. The van der Waals surface area contributed by atoms with Crippen LogP contribution in [0.4, 0.5) is 0 Å². The van der Waals surface area contributed by atoms with Crippen LogP contribution >= 0.6 is 0 Å². The number of nitrogens with zero attached hydrogens (tertiary/aromatic N) is 1. The highest BCUT2D eigenvalue weighted by Gasteiger charge is 2.16. The third kappa shape index (κ3) is 4.15. The van der Waals surface area contributed by atoms with Gasteiger partial charge in [0.15, 0.2) is 0 Å². The number of methoxy groups -OCH3 is 1. The monoisotopic (exact) mass is 236 g/mol. The molecule has 0 aliphatic rings. The molecular formula is C13H20N2O2. The third-order valence-electron chi connectivity index (χ3n) is 2.38. The van der Waals surface area contributed by atoms with Gasteiger partial charge in [0.2, 0.25) is 0 Å². The maximum Gasteiger partial charge on any atom is 0.251 e. The Kier molecular flexibility index (Phi) is 4.63. The van der Waals surface area contributed by atoms with E-state index < -0.39 is 0 Å². The van der Waals surface area contributed by atoms with Crippen LogP contribution in [0, 0.1) is 0 Å². The Morgan fingerprint density at radius 1 is 1.47 bits per heavy atom. The molecule has 1 heterocycles. The number of aromatic nitrogens is 1. The summed E-state index contributed by atoms with van der Waals surface area (Å²) >= 11 is 0. The Balaban J connectivity index is 2.74. The van der Waals surface area contributed by atoms with E-state index in [2.05, 4.69) is 31.1 Å². The van der Waals surface area contributed by atoms with Gasteiger partial charge in [0.05, 0.1) is 6.61 Å². The van der Waals surface area contributed by atoms with Crippen LogP contribution in [0.2, 0.25) is 0 Å². The first kappa shape index (κ1) is 13.6. The number of amides is 1. The predicted molar refractivity (Wildman–Crippen MR) is 67.1 cm³/mol. The van der Waals surface area contributed by atoms with Gasteiger partial charge >= 0.3 is 0 Å². The van der Waals surface area contributed by atoms with Crippen LogP contribution in [0.25, 0.3) is 0 Å². The first-order valence-corrected chi connectivity index (χ1v) is 5.69. The van der Waals surface area contributed by atoms with Gasteiger partial charge < -0.3 is 10.1 Å². The van der Waals surface area contributed by atoms with Crippen LogP contribution in [0.1, 0.15) is 36.8 Å².